The molecule has 1 aromatic carbocycles. The number of ether oxygens (including phenoxy) is 1. The highest BCUT2D eigenvalue weighted by Crippen LogP contribution is 2.27. The molecule has 6 nitrogen and oxygen atoms in total. The van der Waals surface area contributed by atoms with Crippen LogP contribution in [-0.4, -0.2) is 14.4 Å². The van der Waals surface area contributed by atoms with Crippen LogP contribution < -0.4 is 16.0 Å². The number of hydrazine groups is 1. The smallest absolute Gasteiger partial charge is 0.265 e. The lowest BCUT2D eigenvalue weighted by atomic mass is 10.0. The molecule has 0 saturated heterocycles. The Morgan fingerprint density at radius 2 is 2.19 bits per heavy atom. The number of nitrogen functional groups attached to an aromatic ring is 1. The zero-order valence-corrected chi connectivity index (χ0v) is 11.9. The molecule has 0 atom stereocenters. The molecule has 0 saturated carbocycles. The van der Waals surface area contributed by atoms with Gasteiger partial charge in [0.05, 0.1) is 6.20 Å². The Balaban J connectivity index is 2.01. The van der Waals surface area contributed by atoms with Crippen molar-refractivity contribution in [2.75, 3.05) is 5.43 Å². The van der Waals surface area contributed by atoms with Crippen LogP contribution in [0.4, 0.5) is 5.82 Å². The molecule has 3 rings (SSSR count). The van der Waals surface area contributed by atoms with E-state index in [9.17, 15) is 0 Å². The molecule has 108 valence electrons. The van der Waals surface area contributed by atoms with Gasteiger partial charge in [0.2, 0.25) is 5.65 Å². The first-order valence-corrected chi connectivity index (χ1v) is 6.75. The summed E-state index contributed by atoms with van der Waals surface area (Å²) >= 11 is 0. The molecule has 0 bridgehead atoms. The summed E-state index contributed by atoms with van der Waals surface area (Å²) in [6.07, 6.45) is 5.25. The minimum atomic E-state index is 0.413. The summed E-state index contributed by atoms with van der Waals surface area (Å²) in [5.74, 6) is 7.52. The van der Waals surface area contributed by atoms with Crippen LogP contribution in [0.25, 0.3) is 5.65 Å². The van der Waals surface area contributed by atoms with E-state index in [2.05, 4.69) is 35.3 Å². The van der Waals surface area contributed by atoms with Crippen LogP contribution in [0.5, 0.6) is 11.6 Å². The van der Waals surface area contributed by atoms with Gasteiger partial charge in [0, 0.05) is 12.4 Å². The molecule has 3 aromatic rings. The number of aromatic nitrogens is 3. The second-order valence-corrected chi connectivity index (χ2v) is 5.06. The molecular weight excluding hydrogens is 266 g/mol. The third-order valence-corrected chi connectivity index (χ3v) is 3.23. The topological polar surface area (TPSA) is 77.5 Å². The largest absolute Gasteiger partial charge is 0.436 e. The Morgan fingerprint density at radius 3 is 2.95 bits per heavy atom. The van der Waals surface area contributed by atoms with E-state index in [1.54, 1.807) is 12.4 Å². The fourth-order valence-electron chi connectivity index (χ4n) is 2.09. The van der Waals surface area contributed by atoms with Crippen molar-refractivity contribution in [2.24, 2.45) is 5.84 Å². The predicted octanol–water partition coefficient (Wildman–Crippen LogP) is 2.93. The van der Waals surface area contributed by atoms with Crippen molar-refractivity contribution in [1.82, 2.24) is 14.4 Å². The number of rotatable bonds is 4. The molecule has 0 radical (unpaired) electrons. The van der Waals surface area contributed by atoms with Crippen LogP contribution in [0, 0.1) is 0 Å². The molecule has 3 N–H and O–H groups in total. The molecule has 0 aliphatic heterocycles. The minimum absolute atomic E-state index is 0.413. The molecule has 0 unspecified atom stereocenters. The number of hydrogen-bond donors (Lipinski definition) is 2. The average Bonchev–Trinajstić information content (AvgIpc) is 2.96. The van der Waals surface area contributed by atoms with E-state index in [0.29, 0.717) is 23.3 Å². The number of nitrogens with zero attached hydrogens (tertiary/aromatic N) is 3. The van der Waals surface area contributed by atoms with E-state index >= 15 is 0 Å². The van der Waals surface area contributed by atoms with E-state index in [0.717, 1.165) is 5.75 Å². The summed E-state index contributed by atoms with van der Waals surface area (Å²) in [6.45, 7) is 4.28. The zero-order chi connectivity index (χ0) is 14.8. The number of benzene rings is 1. The maximum atomic E-state index is 5.89. The van der Waals surface area contributed by atoms with Gasteiger partial charge < -0.3 is 10.2 Å². The lowest BCUT2D eigenvalue weighted by Crippen LogP contribution is -2.10. The minimum Gasteiger partial charge on any atom is -0.436 e. The van der Waals surface area contributed by atoms with Crippen LogP contribution in [0.3, 0.4) is 0 Å². The fraction of sp³-hybridized carbons (Fsp3) is 0.200. The van der Waals surface area contributed by atoms with E-state index < -0.39 is 0 Å². The van der Waals surface area contributed by atoms with Gasteiger partial charge in [0.1, 0.15) is 5.75 Å². The summed E-state index contributed by atoms with van der Waals surface area (Å²) in [4.78, 5) is 8.57. The Bertz CT molecular complexity index is 766. The maximum Gasteiger partial charge on any atom is 0.265 e. The van der Waals surface area contributed by atoms with Crippen LogP contribution in [0.1, 0.15) is 25.3 Å². The van der Waals surface area contributed by atoms with Crippen LogP contribution in [-0.2, 0) is 0 Å². The van der Waals surface area contributed by atoms with E-state index in [1.807, 2.05) is 28.8 Å². The first-order valence-electron chi connectivity index (χ1n) is 6.75. The van der Waals surface area contributed by atoms with Gasteiger partial charge >= 0.3 is 0 Å². The monoisotopic (exact) mass is 283 g/mol. The summed E-state index contributed by atoms with van der Waals surface area (Å²) in [6, 6.07) is 7.95. The second-order valence-electron chi connectivity index (χ2n) is 5.06. The van der Waals surface area contributed by atoms with Gasteiger partial charge in [-0.05, 0) is 23.6 Å². The molecule has 0 aliphatic carbocycles. The molecule has 2 heterocycles. The molecule has 0 aliphatic rings. The predicted molar refractivity (Wildman–Crippen MR) is 81.4 cm³/mol. The standard InChI is InChI=1S/C15H17N5O/c1-10(2)11-4-3-5-12(8-11)21-15-14-17-6-7-20(14)9-13(18-15)19-16/h3-10,19H,16H2,1-2H3. The average molecular weight is 283 g/mol. The number of imidazole rings is 1. The van der Waals surface area contributed by atoms with E-state index in [1.165, 1.54) is 5.56 Å². The number of nitrogens with one attached hydrogen (secondary N) is 1. The first-order chi connectivity index (χ1) is 10.2. The second kappa shape index (κ2) is 5.41. The highest BCUT2D eigenvalue weighted by atomic mass is 16.5. The Labute approximate surface area is 122 Å². The SMILES string of the molecule is CC(C)c1cccc(Oc2nc(NN)cn3ccnc23)c1. The quantitative estimate of drug-likeness (QED) is 0.568. The van der Waals surface area contributed by atoms with Crippen LogP contribution in [0.15, 0.2) is 42.9 Å². The molecule has 21 heavy (non-hydrogen) atoms. The third kappa shape index (κ3) is 2.66. The van der Waals surface area contributed by atoms with Gasteiger partial charge in [-0.1, -0.05) is 26.0 Å². The van der Waals surface area contributed by atoms with Crippen molar-refractivity contribution < 1.29 is 4.74 Å². The van der Waals surface area contributed by atoms with Crippen molar-refractivity contribution in [2.45, 2.75) is 19.8 Å². The number of fused-ring (bicyclic) bond motifs is 1. The Kier molecular flexibility index (Phi) is 3.45. The van der Waals surface area contributed by atoms with E-state index in [4.69, 9.17) is 10.6 Å². The number of anilines is 1. The summed E-state index contributed by atoms with van der Waals surface area (Å²) in [5.41, 5.74) is 4.38. The Hall–Kier alpha value is -2.60. The summed E-state index contributed by atoms with van der Waals surface area (Å²) < 4.78 is 7.70. The summed E-state index contributed by atoms with van der Waals surface area (Å²) in [7, 11) is 0. The highest BCUT2D eigenvalue weighted by molar-refractivity contribution is 5.54. The van der Waals surface area contributed by atoms with Gasteiger partial charge in [0.15, 0.2) is 5.82 Å². The van der Waals surface area contributed by atoms with Crippen molar-refractivity contribution in [3.63, 3.8) is 0 Å². The van der Waals surface area contributed by atoms with Crippen LogP contribution >= 0.6 is 0 Å². The van der Waals surface area contributed by atoms with Gasteiger partial charge in [-0.25, -0.2) is 10.8 Å². The van der Waals surface area contributed by atoms with Gasteiger partial charge in [0.25, 0.3) is 5.88 Å². The third-order valence-electron chi connectivity index (χ3n) is 3.23. The lowest BCUT2D eigenvalue weighted by Gasteiger charge is -2.10. The number of nitrogens with two attached hydrogens (primary N) is 1. The molecular formula is C15H17N5O. The van der Waals surface area contributed by atoms with Gasteiger partial charge in [-0.15, -0.1) is 0 Å². The lowest BCUT2D eigenvalue weighted by molar-refractivity contribution is 0.464. The van der Waals surface area contributed by atoms with Crippen molar-refractivity contribution in [3.8, 4) is 11.6 Å². The molecule has 0 spiro atoms. The molecule has 0 amide bonds. The zero-order valence-electron chi connectivity index (χ0n) is 11.9. The van der Waals surface area contributed by atoms with Gasteiger partial charge in [-0.3, -0.25) is 4.40 Å². The molecule has 0 fully saturated rings. The van der Waals surface area contributed by atoms with Crippen LogP contribution in [0.2, 0.25) is 0 Å². The van der Waals surface area contributed by atoms with E-state index in [-0.39, 0.29) is 0 Å². The molecule has 6 heteroatoms. The fourth-order valence-corrected chi connectivity index (χ4v) is 2.09. The normalized spacial score (nSPS) is 11.0. The van der Waals surface area contributed by atoms with Crippen molar-refractivity contribution in [3.05, 3.63) is 48.4 Å². The van der Waals surface area contributed by atoms with Gasteiger partial charge in [-0.2, -0.15) is 4.98 Å². The number of hydrogen-bond acceptors (Lipinski definition) is 5. The van der Waals surface area contributed by atoms with Crippen molar-refractivity contribution in [1.29, 1.82) is 0 Å². The maximum absolute atomic E-state index is 5.89. The summed E-state index contributed by atoms with van der Waals surface area (Å²) in [5, 5.41) is 0. The first kappa shape index (κ1) is 13.4. The van der Waals surface area contributed by atoms with Crippen molar-refractivity contribution >= 4 is 11.5 Å². The highest BCUT2D eigenvalue weighted by Gasteiger charge is 2.10. The molecule has 2 aromatic heterocycles. The Morgan fingerprint density at radius 1 is 1.33 bits per heavy atom.